The van der Waals surface area contributed by atoms with E-state index >= 15 is 0 Å². The fraction of sp³-hybridized carbons (Fsp3) is 0.333. The minimum Gasteiger partial charge on any atom is -0.447 e. The van der Waals surface area contributed by atoms with Gasteiger partial charge in [-0.2, -0.15) is 0 Å². The van der Waals surface area contributed by atoms with Gasteiger partial charge in [0.2, 0.25) is 0 Å². The van der Waals surface area contributed by atoms with E-state index in [2.05, 4.69) is 62.9 Å². The topological polar surface area (TPSA) is 54.6 Å². The summed E-state index contributed by atoms with van der Waals surface area (Å²) in [5.41, 5.74) is 2.71. The molecule has 1 amide bonds. The lowest BCUT2D eigenvalue weighted by molar-refractivity contribution is 0.102. The summed E-state index contributed by atoms with van der Waals surface area (Å²) in [6.07, 6.45) is 4.57. The van der Waals surface area contributed by atoms with Gasteiger partial charge in [0.15, 0.2) is 4.67 Å². The number of hydrogen-bond acceptors (Lipinski definition) is 4. The molecule has 1 aliphatic carbocycles. The van der Waals surface area contributed by atoms with E-state index in [4.69, 9.17) is 16.0 Å². The maximum Gasteiger partial charge on any atom is 0.259 e. The standard InChI is InChI=1S/C24H23Br2ClN2O2S/c1-24(2,3)13-4-9-17-19(10-13)32-23(28-12-16-11-18(25)21(26)31-16)20(17)22(30)29-15-7-5-14(27)6-8-15/h5-8,11-13H,4,9-10H2,1-3H3,(H,29,30)/t13-/m0/s1. The number of nitrogens with one attached hydrogen (secondary N) is 1. The Bertz CT molecular complexity index is 1160. The minimum atomic E-state index is -0.145. The minimum absolute atomic E-state index is 0.145. The Labute approximate surface area is 213 Å². The number of rotatable bonds is 4. The molecule has 3 aromatic rings. The van der Waals surface area contributed by atoms with Gasteiger partial charge in [-0.25, -0.2) is 4.99 Å². The van der Waals surface area contributed by atoms with Gasteiger partial charge in [0.1, 0.15) is 10.8 Å². The molecule has 0 spiro atoms. The van der Waals surface area contributed by atoms with Gasteiger partial charge in [0, 0.05) is 21.7 Å². The van der Waals surface area contributed by atoms with Crippen molar-refractivity contribution in [1.82, 2.24) is 0 Å². The van der Waals surface area contributed by atoms with E-state index in [1.807, 2.05) is 6.07 Å². The van der Waals surface area contributed by atoms with Crippen LogP contribution < -0.4 is 5.32 Å². The van der Waals surface area contributed by atoms with Crippen LogP contribution in [0.1, 0.15) is 53.8 Å². The number of anilines is 1. The van der Waals surface area contributed by atoms with Crippen LogP contribution in [0.5, 0.6) is 0 Å². The average molecular weight is 599 g/mol. The zero-order chi connectivity index (χ0) is 23.0. The van der Waals surface area contributed by atoms with Crippen LogP contribution in [-0.2, 0) is 12.8 Å². The number of furan rings is 1. The number of thiophene rings is 1. The van der Waals surface area contributed by atoms with Crippen molar-refractivity contribution in [2.45, 2.75) is 40.0 Å². The fourth-order valence-electron chi connectivity index (χ4n) is 3.91. The number of benzene rings is 1. The average Bonchev–Trinajstić information content (AvgIpc) is 3.26. The molecule has 0 saturated heterocycles. The highest BCUT2D eigenvalue weighted by Crippen LogP contribution is 2.45. The molecular formula is C24H23Br2ClN2O2S. The Morgan fingerprint density at radius 1 is 1.28 bits per heavy atom. The number of carbonyl (C=O) groups excluding carboxylic acids is 1. The third-order valence-corrected chi connectivity index (χ3v) is 8.90. The number of nitrogens with zero attached hydrogens (tertiary/aromatic N) is 1. The molecule has 0 fully saturated rings. The van der Waals surface area contributed by atoms with Gasteiger partial charge in [-0.05, 0) is 92.3 Å². The lowest BCUT2D eigenvalue weighted by Crippen LogP contribution is -2.27. The third-order valence-electron chi connectivity index (χ3n) is 5.77. The SMILES string of the molecule is CC(C)(C)[C@H]1CCc2c(sc(N=Cc3cc(Br)c(Br)o3)c2C(=O)Nc2ccc(Cl)cc2)C1. The summed E-state index contributed by atoms with van der Waals surface area (Å²) >= 11 is 14.4. The molecule has 32 heavy (non-hydrogen) atoms. The number of aliphatic imine (C=N–C) groups is 1. The lowest BCUT2D eigenvalue weighted by atomic mass is 9.72. The molecule has 0 bridgehead atoms. The first-order valence-electron chi connectivity index (χ1n) is 10.3. The molecule has 1 aliphatic rings. The first-order chi connectivity index (χ1) is 15.1. The smallest absolute Gasteiger partial charge is 0.259 e. The van der Waals surface area contributed by atoms with Gasteiger partial charge in [-0.15, -0.1) is 11.3 Å². The maximum absolute atomic E-state index is 13.4. The summed E-state index contributed by atoms with van der Waals surface area (Å²) < 4.78 is 7.05. The molecule has 4 rings (SSSR count). The van der Waals surface area contributed by atoms with Crippen molar-refractivity contribution < 1.29 is 9.21 Å². The highest BCUT2D eigenvalue weighted by Gasteiger charge is 2.33. The van der Waals surface area contributed by atoms with Crippen LogP contribution in [-0.4, -0.2) is 12.1 Å². The van der Waals surface area contributed by atoms with Crippen molar-refractivity contribution in [3.8, 4) is 0 Å². The largest absolute Gasteiger partial charge is 0.447 e. The van der Waals surface area contributed by atoms with Crippen LogP contribution >= 0.6 is 54.8 Å². The molecule has 0 saturated carbocycles. The van der Waals surface area contributed by atoms with E-state index in [0.29, 0.717) is 37.6 Å². The molecule has 1 aromatic carbocycles. The van der Waals surface area contributed by atoms with E-state index < -0.39 is 0 Å². The number of hydrogen-bond donors (Lipinski definition) is 1. The number of halogens is 3. The zero-order valence-electron chi connectivity index (χ0n) is 18.0. The summed E-state index contributed by atoms with van der Waals surface area (Å²) in [4.78, 5) is 19.3. The number of fused-ring (bicyclic) bond motifs is 1. The molecule has 0 radical (unpaired) electrons. The van der Waals surface area contributed by atoms with Crippen molar-refractivity contribution in [2.24, 2.45) is 16.3 Å². The van der Waals surface area contributed by atoms with Crippen LogP contribution in [0.15, 0.2) is 48.9 Å². The summed E-state index contributed by atoms with van der Waals surface area (Å²) in [5, 5.41) is 4.35. The molecule has 1 N–H and O–H groups in total. The summed E-state index contributed by atoms with van der Waals surface area (Å²) in [7, 11) is 0. The Morgan fingerprint density at radius 2 is 2.00 bits per heavy atom. The summed E-state index contributed by atoms with van der Waals surface area (Å²) in [5.74, 6) is 1.04. The molecule has 2 aromatic heterocycles. The van der Waals surface area contributed by atoms with Crippen molar-refractivity contribution in [2.75, 3.05) is 5.32 Å². The van der Waals surface area contributed by atoms with Crippen LogP contribution in [0.3, 0.4) is 0 Å². The summed E-state index contributed by atoms with van der Waals surface area (Å²) in [6.45, 7) is 6.86. The Morgan fingerprint density at radius 3 is 2.62 bits per heavy atom. The first-order valence-corrected chi connectivity index (χ1v) is 13.1. The van der Waals surface area contributed by atoms with Crippen LogP contribution in [0.4, 0.5) is 10.7 Å². The first kappa shape index (κ1) is 23.7. The molecule has 1 atom stereocenters. The van der Waals surface area contributed by atoms with E-state index in [0.717, 1.165) is 29.3 Å². The van der Waals surface area contributed by atoms with Crippen molar-refractivity contribution >= 4 is 77.6 Å². The normalized spacial score (nSPS) is 16.4. The van der Waals surface area contributed by atoms with Gasteiger partial charge in [0.05, 0.1) is 16.3 Å². The monoisotopic (exact) mass is 596 g/mol. The second kappa shape index (κ2) is 9.45. The fourth-order valence-corrected chi connectivity index (χ4v) is 5.91. The Kier molecular flexibility index (Phi) is 7.01. The lowest BCUT2D eigenvalue weighted by Gasteiger charge is -2.33. The second-order valence-electron chi connectivity index (χ2n) is 8.98. The molecule has 0 unspecified atom stereocenters. The van der Waals surface area contributed by atoms with E-state index in [1.54, 1.807) is 41.8 Å². The van der Waals surface area contributed by atoms with Gasteiger partial charge >= 0.3 is 0 Å². The van der Waals surface area contributed by atoms with E-state index in [-0.39, 0.29) is 11.3 Å². The quantitative estimate of drug-likeness (QED) is 0.306. The number of amides is 1. The highest BCUT2D eigenvalue weighted by molar-refractivity contribution is 9.13. The molecular weight excluding hydrogens is 576 g/mol. The Hall–Kier alpha value is -1.41. The van der Waals surface area contributed by atoms with Gasteiger partial charge in [0.25, 0.3) is 5.91 Å². The molecule has 168 valence electrons. The number of carbonyl (C=O) groups is 1. The molecule has 4 nitrogen and oxygen atoms in total. The van der Waals surface area contributed by atoms with E-state index in [9.17, 15) is 4.79 Å². The second-order valence-corrected chi connectivity index (χ2v) is 12.1. The van der Waals surface area contributed by atoms with Crippen LogP contribution in [0, 0.1) is 11.3 Å². The van der Waals surface area contributed by atoms with Gasteiger partial charge in [-0.1, -0.05) is 32.4 Å². The van der Waals surface area contributed by atoms with Crippen molar-refractivity contribution in [1.29, 1.82) is 0 Å². The predicted molar refractivity (Wildman–Crippen MR) is 140 cm³/mol. The predicted octanol–water partition coefficient (Wildman–Crippen LogP) is 8.67. The molecule has 2 heterocycles. The van der Waals surface area contributed by atoms with Gasteiger partial charge in [-0.3, -0.25) is 4.79 Å². The van der Waals surface area contributed by atoms with Crippen LogP contribution in [0.25, 0.3) is 0 Å². The Balaban J connectivity index is 1.70. The van der Waals surface area contributed by atoms with E-state index in [1.165, 1.54) is 4.88 Å². The summed E-state index contributed by atoms with van der Waals surface area (Å²) in [6, 6.07) is 8.97. The van der Waals surface area contributed by atoms with Crippen molar-refractivity contribution in [3.63, 3.8) is 0 Å². The van der Waals surface area contributed by atoms with Gasteiger partial charge < -0.3 is 9.73 Å². The molecule has 8 heteroatoms. The van der Waals surface area contributed by atoms with Crippen molar-refractivity contribution in [3.05, 3.63) is 66.3 Å². The van der Waals surface area contributed by atoms with Crippen LogP contribution in [0.2, 0.25) is 5.02 Å². The maximum atomic E-state index is 13.4. The molecule has 0 aliphatic heterocycles. The zero-order valence-corrected chi connectivity index (χ0v) is 22.7. The third kappa shape index (κ3) is 5.22. The highest BCUT2D eigenvalue weighted by atomic mass is 79.9.